The first-order valence-electron chi connectivity index (χ1n) is 10.6. The summed E-state index contributed by atoms with van der Waals surface area (Å²) < 4.78 is 15.5. The lowest BCUT2D eigenvalue weighted by molar-refractivity contribution is 0.0977. The Hall–Kier alpha value is -3.39. The van der Waals surface area contributed by atoms with Crippen molar-refractivity contribution >= 4 is 34.8 Å². The number of carbonyl (C=O) groups excluding carboxylic acids is 1. The van der Waals surface area contributed by atoms with E-state index in [9.17, 15) is 9.18 Å². The van der Waals surface area contributed by atoms with Gasteiger partial charge in [0.25, 0.3) is 5.91 Å². The Bertz CT molecular complexity index is 1190. The van der Waals surface area contributed by atoms with Crippen LogP contribution in [0.25, 0.3) is 0 Å². The molecular weight excluding hydrogens is 443 g/mol. The average molecular weight is 471 g/mol. The van der Waals surface area contributed by atoms with Crippen molar-refractivity contribution in [3.8, 4) is 0 Å². The maximum Gasteiger partial charge on any atom is 0.258 e. The van der Waals surface area contributed by atoms with Crippen LogP contribution in [0.3, 0.4) is 0 Å². The Labute approximate surface area is 198 Å². The van der Waals surface area contributed by atoms with Gasteiger partial charge >= 0.3 is 0 Å². The molecule has 9 heteroatoms. The molecule has 0 aliphatic carbocycles. The van der Waals surface area contributed by atoms with Crippen LogP contribution < -0.4 is 15.5 Å². The van der Waals surface area contributed by atoms with Crippen LogP contribution in [0.5, 0.6) is 0 Å². The van der Waals surface area contributed by atoms with Crippen molar-refractivity contribution < 1.29 is 9.18 Å². The zero-order chi connectivity index (χ0) is 24.1. The lowest BCUT2D eigenvalue weighted by Gasteiger charge is -2.15. The van der Waals surface area contributed by atoms with E-state index in [1.54, 1.807) is 12.1 Å². The quantitative estimate of drug-likeness (QED) is 0.401. The fourth-order valence-corrected chi connectivity index (χ4v) is 3.54. The number of hydrogen-bond donors (Lipinski definition) is 2. The van der Waals surface area contributed by atoms with Crippen LogP contribution in [-0.4, -0.2) is 35.7 Å². The minimum atomic E-state index is -0.525. The number of anilines is 2. The van der Waals surface area contributed by atoms with Crippen LogP contribution in [0.15, 0.2) is 47.5 Å². The van der Waals surface area contributed by atoms with Gasteiger partial charge in [-0.1, -0.05) is 17.7 Å². The number of guanidine groups is 1. The normalized spacial score (nSPS) is 11.4. The van der Waals surface area contributed by atoms with Crippen LogP contribution in [0.1, 0.15) is 34.2 Å². The van der Waals surface area contributed by atoms with Gasteiger partial charge in [0.2, 0.25) is 5.96 Å². The van der Waals surface area contributed by atoms with Crippen LogP contribution in [-0.2, 0) is 13.1 Å². The number of nitrogens with zero attached hydrogens (tertiary/aromatic N) is 4. The number of aliphatic imine (C=N–C) groups is 1. The van der Waals surface area contributed by atoms with Crippen molar-refractivity contribution in [1.82, 2.24) is 15.1 Å². The first kappa shape index (κ1) is 24.3. The number of hydrogen-bond acceptors (Lipinski definition) is 4. The summed E-state index contributed by atoms with van der Waals surface area (Å²) in [6.07, 6.45) is 0. The zero-order valence-electron chi connectivity index (χ0n) is 19.4. The minimum absolute atomic E-state index is 0.0275. The molecule has 0 radical (unpaired) electrons. The van der Waals surface area contributed by atoms with E-state index < -0.39 is 5.82 Å². The van der Waals surface area contributed by atoms with Crippen LogP contribution in [0, 0.1) is 19.7 Å². The fourth-order valence-electron chi connectivity index (χ4n) is 3.35. The van der Waals surface area contributed by atoms with Crippen molar-refractivity contribution in [3.63, 3.8) is 0 Å². The molecule has 0 bridgehead atoms. The molecule has 0 atom stereocenters. The molecule has 0 saturated carbocycles. The molecule has 0 aliphatic rings. The van der Waals surface area contributed by atoms with Crippen LogP contribution in [0.4, 0.5) is 15.8 Å². The van der Waals surface area contributed by atoms with Gasteiger partial charge in [0, 0.05) is 48.8 Å². The third-order valence-corrected chi connectivity index (χ3v) is 5.55. The summed E-state index contributed by atoms with van der Waals surface area (Å²) in [6, 6.07) is 11.5. The third kappa shape index (κ3) is 5.90. The van der Waals surface area contributed by atoms with Gasteiger partial charge in [-0.25, -0.2) is 9.38 Å². The van der Waals surface area contributed by atoms with Gasteiger partial charge in [0.1, 0.15) is 5.82 Å². The second-order valence-electron chi connectivity index (χ2n) is 7.78. The highest BCUT2D eigenvalue weighted by Crippen LogP contribution is 2.20. The highest BCUT2D eigenvalue weighted by atomic mass is 35.5. The number of aromatic nitrogens is 2. The molecule has 0 saturated heterocycles. The van der Waals surface area contributed by atoms with Crippen LogP contribution in [0.2, 0.25) is 5.02 Å². The van der Waals surface area contributed by atoms with Crippen molar-refractivity contribution in [2.24, 2.45) is 4.99 Å². The second kappa shape index (κ2) is 10.5. The molecule has 7 nitrogen and oxygen atoms in total. The van der Waals surface area contributed by atoms with E-state index in [2.05, 4.69) is 20.7 Å². The molecule has 0 unspecified atom stereocenters. The molecule has 0 spiro atoms. The van der Waals surface area contributed by atoms with Crippen molar-refractivity contribution in [2.45, 2.75) is 33.9 Å². The molecule has 3 rings (SSSR count). The first-order valence-corrected chi connectivity index (χ1v) is 11.0. The molecule has 1 heterocycles. The lowest BCUT2D eigenvalue weighted by atomic mass is 10.2. The summed E-state index contributed by atoms with van der Waals surface area (Å²) in [5.74, 6) is -0.625. The summed E-state index contributed by atoms with van der Waals surface area (Å²) in [6.45, 7) is 7.02. The number of carbonyl (C=O) groups is 1. The lowest BCUT2D eigenvalue weighted by Crippen LogP contribution is -2.36. The summed E-state index contributed by atoms with van der Waals surface area (Å²) >= 11 is 5.92. The van der Waals surface area contributed by atoms with E-state index in [1.807, 2.05) is 56.6 Å². The summed E-state index contributed by atoms with van der Waals surface area (Å²) in [7, 11) is 3.82. The Kier molecular flexibility index (Phi) is 7.71. The molecule has 33 heavy (non-hydrogen) atoms. The van der Waals surface area contributed by atoms with Gasteiger partial charge in [-0.3, -0.25) is 14.8 Å². The molecular formula is C24H28ClFN6O. The maximum atomic E-state index is 13.6. The Balaban J connectivity index is 1.90. The van der Waals surface area contributed by atoms with Crippen molar-refractivity contribution in [2.75, 3.05) is 24.3 Å². The average Bonchev–Trinajstić information content (AvgIpc) is 3.07. The van der Waals surface area contributed by atoms with Gasteiger partial charge in [0.05, 0.1) is 17.3 Å². The van der Waals surface area contributed by atoms with E-state index in [0.29, 0.717) is 17.8 Å². The highest BCUT2D eigenvalue weighted by molar-refractivity contribution is 6.31. The summed E-state index contributed by atoms with van der Waals surface area (Å²) in [4.78, 5) is 19.5. The monoisotopic (exact) mass is 470 g/mol. The SMILES string of the molecule is CCn1nc(C)c(CN=C(NC(=O)c2cccc(N(C)C)c2)Nc2ccc(F)c(Cl)c2)c1C. The van der Waals surface area contributed by atoms with E-state index >= 15 is 0 Å². The molecule has 1 aromatic heterocycles. The molecule has 0 aliphatic heterocycles. The van der Waals surface area contributed by atoms with Crippen LogP contribution >= 0.6 is 11.6 Å². The zero-order valence-corrected chi connectivity index (χ0v) is 20.2. The third-order valence-electron chi connectivity index (χ3n) is 5.27. The largest absolute Gasteiger partial charge is 0.378 e. The molecule has 174 valence electrons. The van der Waals surface area contributed by atoms with E-state index in [-0.39, 0.29) is 16.9 Å². The smallest absolute Gasteiger partial charge is 0.258 e. The molecule has 0 fully saturated rings. The van der Waals surface area contributed by atoms with Gasteiger partial charge in [0.15, 0.2) is 0 Å². The van der Waals surface area contributed by atoms with E-state index in [4.69, 9.17) is 11.6 Å². The van der Waals surface area contributed by atoms with Crippen molar-refractivity contribution in [1.29, 1.82) is 0 Å². The number of benzene rings is 2. The van der Waals surface area contributed by atoms with Gasteiger partial charge in [-0.2, -0.15) is 5.10 Å². The maximum absolute atomic E-state index is 13.6. The van der Waals surface area contributed by atoms with Gasteiger partial charge < -0.3 is 10.2 Å². The summed E-state index contributed by atoms with van der Waals surface area (Å²) in [5, 5.41) is 10.4. The Morgan fingerprint density at radius 1 is 1.21 bits per heavy atom. The highest BCUT2D eigenvalue weighted by Gasteiger charge is 2.14. The Morgan fingerprint density at radius 2 is 1.97 bits per heavy atom. The second-order valence-corrected chi connectivity index (χ2v) is 8.19. The number of nitrogens with one attached hydrogen (secondary N) is 2. The van der Waals surface area contributed by atoms with Crippen molar-refractivity contribution in [3.05, 3.63) is 75.8 Å². The predicted molar refractivity (Wildman–Crippen MR) is 132 cm³/mol. The van der Waals surface area contributed by atoms with E-state index in [1.165, 1.54) is 18.2 Å². The molecule has 2 N–H and O–H groups in total. The number of amides is 1. The standard InChI is InChI=1S/C24H28ClFN6O/c1-6-32-16(3)20(15(2)30-32)14-27-24(28-18-10-11-22(26)21(25)13-18)29-23(33)17-8-7-9-19(12-17)31(4)5/h7-13H,6,14H2,1-5H3,(H2,27,28,29,33). The van der Waals surface area contributed by atoms with Gasteiger partial charge in [-0.15, -0.1) is 0 Å². The summed E-state index contributed by atoms with van der Waals surface area (Å²) in [5.41, 5.74) is 4.77. The first-order chi connectivity index (χ1) is 15.7. The molecule has 3 aromatic rings. The predicted octanol–water partition coefficient (Wildman–Crippen LogP) is 4.78. The number of rotatable bonds is 6. The van der Waals surface area contributed by atoms with Gasteiger partial charge in [-0.05, 0) is 57.2 Å². The molecule has 2 aromatic carbocycles. The topological polar surface area (TPSA) is 74.5 Å². The Morgan fingerprint density at radius 3 is 2.61 bits per heavy atom. The van der Waals surface area contributed by atoms with E-state index in [0.717, 1.165) is 29.2 Å². The number of halogens is 2. The minimum Gasteiger partial charge on any atom is -0.378 e. The number of aryl methyl sites for hydroxylation is 2. The fraction of sp³-hybridized carbons (Fsp3) is 0.292. The molecule has 1 amide bonds.